The highest BCUT2D eigenvalue weighted by Crippen LogP contribution is 2.61. The quantitative estimate of drug-likeness (QED) is 0.338. The summed E-state index contributed by atoms with van der Waals surface area (Å²) >= 11 is 0. The number of fused-ring (bicyclic) bond motifs is 9. The third-order valence-corrected chi connectivity index (χ3v) is 10.3. The average Bonchev–Trinajstić information content (AvgIpc) is 3.35. The number of rotatable bonds is 1. The van der Waals surface area contributed by atoms with Crippen LogP contribution in [0.4, 0.5) is 0 Å². The minimum absolute atomic E-state index is 0.128. The first-order chi connectivity index (χ1) is 17.1. The van der Waals surface area contributed by atoms with Crippen LogP contribution in [0, 0.1) is 0 Å². The lowest BCUT2D eigenvalue weighted by molar-refractivity contribution is 0.00578. The van der Waals surface area contributed by atoms with Gasteiger partial charge in [0.25, 0.3) is 0 Å². The topological polar surface area (TPSA) is 18.5 Å². The first kappa shape index (κ1) is 22.8. The third kappa shape index (κ3) is 2.71. The van der Waals surface area contributed by atoms with Gasteiger partial charge >= 0.3 is 7.12 Å². The molecule has 1 heterocycles. The monoisotopic (exact) mass is 476 g/mol. The Labute approximate surface area is 216 Å². The van der Waals surface area contributed by atoms with E-state index in [1.54, 1.807) is 11.1 Å². The van der Waals surface area contributed by atoms with E-state index in [-0.39, 0.29) is 29.2 Å². The molecule has 1 aliphatic heterocycles. The van der Waals surface area contributed by atoms with Crippen LogP contribution in [-0.2, 0) is 20.1 Å². The van der Waals surface area contributed by atoms with E-state index in [2.05, 4.69) is 96.1 Å². The summed E-state index contributed by atoms with van der Waals surface area (Å²) in [4.78, 5) is 0. The SMILES string of the molecule is CC1(C)c2ccc3c(c2-c2cccc(B4OC(C)(C)C(C)(C)O4)c21)-c1ccccc1C31CCCCC1. The van der Waals surface area contributed by atoms with Gasteiger partial charge < -0.3 is 9.31 Å². The van der Waals surface area contributed by atoms with Gasteiger partial charge in [-0.15, -0.1) is 0 Å². The van der Waals surface area contributed by atoms with Crippen molar-refractivity contribution in [3.63, 3.8) is 0 Å². The molecular weight excluding hydrogens is 439 g/mol. The Morgan fingerprint density at radius 3 is 1.94 bits per heavy atom. The van der Waals surface area contributed by atoms with Gasteiger partial charge in [0.05, 0.1) is 11.2 Å². The van der Waals surface area contributed by atoms with Gasteiger partial charge in [-0.25, -0.2) is 0 Å². The van der Waals surface area contributed by atoms with Crippen molar-refractivity contribution < 1.29 is 9.31 Å². The largest absolute Gasteiger partial charge is 0.495 e. The van der Waals surface area contributed by atoms with Gasteiger partial charge in [0, 0.05) is 10.8 Å². The van der Waals surface area contributed by atoms with Crippen LogP contribution in [0.3, 0.4) is 0 Å². The second-order valence-electron chi connectivity index (χ2n) is 13.1. The molecule has 0 N–H and O–H groups in total. The summed E-state index contributed by atoms with van der Waals surface area (Å²) in [5.41, 5.74) is 12.2. The molecule has 0 atom stereocenters. The molecule has 0 aromatic heterocycles. The fraction of sp³-hybridized carbons (Fsp3) is 0.455. The maximum absolute atomic E-state index is 6.58. The molecule has 7 rings (SSSR count). The van der Waals surface area contributed by atoms with Crippen molar-refractivity contribution in [1.29, 1.82) is 0 Å². The molecule has 2 nitrogen and oxygen atoms in total. The van der Waals surface area contributed by atoms with E-state index >= 15 is 0 Å². The van der Waals surface area contributed by atoms with E-state index in [1.165, 1.54) is 70.9 Å². The van der Waals surface area contributed by atoms with E-state index in [4.69, 9.17) is 9.31 Å². The van der Waals surface area contributed by atoms with Gasteiger partial charge in [0.15, 0.2) is 0 Å². The van der Waals surface area contributed by atoms with Crippen LogP contribution in [-0.4, -0.2) is 18.3 Å². The molecular formula is C33H37BO2. The molecule has 4 aliphatic rings. The van der Waals surface area contributed by atoms with E-state index < -0.39 is 0 Å². The predicted octanol–water partition coefficient (Wildman–Crippen LogP) is 7.52. The molecule has 1 spiro atoms. The fourth-order valence-electron chi connectivity index (χ4n) is 7.82. The Morgan fingerprint density at radius 2 is 1.22 bits per heavy atom. The van der Waals surface area contributed by atoms with Crippen molar-refractivity contribution in [3.8, 4) is 22.3 Å². The summed E-state index contributed by atoms with van der Waals surface area (Å²) in [5.74, 6) is 0. The Hall–Kier alpha value is -2.36. The van der Waals surface area contributed by atoms with Crippen LogP contribution in [0.5, 0.6) is 0 Å². The van der Waals surface area contributed by atoms with Crippen LogP contribution in [0.25, 0.3) is 22.3 Å². The van der Waals surface area contributed by atoms with Crippen LogP contribution in [0.1, 0.15) is 95.9 Å². The van der Waals surface area contributed by atoms with Gasteiger partial charge in [-0.05, 0) is 90.5 Å². The van der Waals surface area contributed by atoms with Gasteiger partial charge in [-0.3, -0.25) is 0 Å². The number of hydrogen-bond acceptors (Lipinski definition) is 2. The maximum atomic E-state index is 6.58. The zero-order valence-corrected chi connectivity index (χ0v) is 22.6. The molecule has 0 amide bonds. The molecule has 2 fully saturated rings. The normalized spacial score (nSPS) is 23.3. The first-order valence-electron chi connectivity index (χ1n) is 13.9. The Kier molecular flexibility index (Phi) is 4.53. The summed E-state index contributed by atoms with van der Waals surface area (Å²) < 4.78 is 13.2. The lowest BCUT2D eigenvalue weighted by atomic mass is 9.67. The Morgan fingerprint density at radius 1 is 0.611 bits per heavy atom. The second kappa shape index (κ2) is 7.14. The van der Waals surface area contributed by atoms with Crippen molar-refractivity contribution in [2.24, 2.45) is 0 Å². The molecule has 184 valence electrons. The van der Waals surface area contributed by atoms with Crippen molar-refractivity contribution >= 4 is 12.6 Å². The molecule has 3 aliphatic carbocycles. The highest BCUT2D eigenvalue weighted by Gasteiger charge is 2.54. The van der Waals surface area contributed by atoms with Crippen LogP contribution in [0.2, 0.25) is 0 Å². The maximum Gasteiger partial charge on any atom is 0.495 e. The van der Waals surface area contributed by atoms with Gasteiger partial charge in [-0.2, -0.15) is 0 Å². The molecule has 3 aromatic carbocycles. The highest BCUT2D eigenvalue weighted by atomic mass is 16.7. The lowest BCUT2D eigenvalue weighted by Gasteiger charge is -2.36. The molecule has 1 saturated carbocycles. The van der Waals surface area contributed by atoms with Crippen molar-refractivity contribution in [2.45, 2.75) is 95.7 Å². The zero-order chi connectivity index (χ0) is 25.1. The van der Waals surface area contributed by atoms with E-state index in [9.17, 15) is 0 Å². The first-order valence-corrected chi connectivity index (χ1v) is 13.9. The summed E-state index contributed by atoms with van der Waals surface area (Å²) in [6, 6.07) is 21.0. The van der Waals surface area contributed by atoms with Crippen molar-refractivity contribution in [3.05, 3.63) is 76.9 Å². The minimum Gasteiger partial charge on any atom is -0.399 e. The van der Waals surface area contributed by atoms with E-state index in [0.29, 0.717) is 0 Å². The predicted molar refractivity (Wildman–Crippen MR) is 149 cm³/mol. The van der Waals surface area contributed by atoms with Gasteiger partial charge in [-0.1, -0.05) is 87.7 Å². The molecule has 3 aromatic rings. The Bertz CT molecular complexity index is 1390. The highest BCUT2D eigenvalue weighted by molar-refractivity contribution is 6.63. The summed E-state index contributed by atoms with van der Waals surface area (Å²) in [6.07, 6.45) is 6.52. The molecule has 0 unspecified atom stereocenters. The third-order valence-electron chi connectivity index (χ3n) is 10.3. The van der Waals surface area contributed by atoms with Crippen LogP contribution >= 0.6 is 0 Å². The lowest BCUT2D eigenvalue weighted by Crippen LogP contribution is -2.41. The number of benzene rings is 3. The second-order valence-corrected chi connectivity index (χ2v) is 13.1. The van der Waals surface area contributed by atoms with E-state index in [0.717, 1.165) is 0 Å². The molecule has 0 bridgehead atoms. The molecule has 0 radical (unpaired) electrons. The number of hydrogen-bond donors (Lipinski definition) is 0. The van der Waals surface area contributed by atoms with E-state index in [1.807, 2.05) is 0 Å². The van der Waals surface area contributed by atoms with Crippen LogP contribution < -0.4 is 5.46 Å². The van der Waals surface area contributed by atoms with Crippen molar-refractivity contribution in [2.75, 3.05) is 0 Å². The van der Waals surface area contributed by atoms with Gasteiger partial charge in [0.1, 0.15) is 0 Å². The standard InChI is InChI=1S/C33H37BO2/c1-30(2)24-17-18-25-27(21-13-8-9-15-23(21)33(25)19-10-7-11-20-33)28(24)22-14-12-16-26(29(22)30)34-35-31(3,4)32(5,6)36-34/h8-9,12-18H,7,10-11,19-20H2,1-6H3. The summed E-state index contributed by atoms with van der Waals surface area (Å²) in [7, 11) is -0.358. The smallest absolute Gasteiger partial charge is 0.399 e. The summed E-state index contributed by atoms with van der Waals surface area (Å²) in [5, 5.41) is 0. The average molecular weight is 476 g/mol. The molecule has 1 saturated heterocycles. The Balaban J connectivity index is 1.48. The summed E-state index contributed by atoms with van der Waals surface area (Å²) in [6.45, 7) is 13.3. The molecule has 3 heteroatoms. The van der Waals surface area contributed by atoms with Crippen molar-refractivity contribution in [1.82, 2.24) is 0 Å². The van der Waals surface area contributed by atoms with Gasteiger partial charge in [0.2, 0.25) is 0 Å². The minimum atomic E-state index is -0.358. The molecule has 36 heavy (non-hydrogen) atoms. The zero-order valence-electron chi connectivity index (χ0n) is 22.6. The van der Waals surface area contributed by atoms with Crippen LogP contribution in [0.15, 0.2) is 54.6 Å². The fourth-order valence-corrected chi connectivity index (χ4v) is 7.82.